The SMILES string of the molecule is CCc1ccc(C(=O)CCc2ccncc2)cc1. The average molecular weight is 239 g/mol. The van der Waals surface area contributed by atoms with Gasteiger partial charge in [0.25, 0.3) is 0 Å². The van der Waals surface area contributed by atoms with Gasteiger partial charge in [-0.1, -0.05) is 31.2 Å². The van der Waals surface area contributed by atoms with Gasteiger partial charge >= 0.3 is 0 Å². The van der Waals surface area contributed by atoms with Crippen molar-refractivity contribution >= 4 is 5.78 Å². The van der Waals surface area contributed by atoms with Gasteiger partial charge in [0.05, 0.1) is 0 Å². The normalized spacial score (nSPS) is 10.3. The van der Waals surface area contributed by atoms with Gasteiger partial charge < -0.3 is 0 Å². The lowest BCUT2D eigenvalue weighted by Crippen LogP contribution is -2.01. The van der Waals surface area contributed by atoms with Crippen molar-refractivity contribution in [3.63, 3.8) is 0 Å². The van der Waals surface area contributed by atoms with E-state index in [1.807, 2.05) is 36.4 Å². The van der Waals surface area contributed by atoms with Crippen LogP contribution in [0.5, 0.6) is 0 Å². The van der Waals surface area contributed by atoms with Crippen LogP contribution in [0.2, 0.25) is 0 Å². The number of pyridine rings is 1. The van der Waals surface area contributed by atoms with Crippen molar-refractivity contribution in [2.75, 3.05) is 0 Å². The molecule has 0 aliphatic carbocycles. The largest absolute Gasteiger partial charge is 0.294 e. The summed E-state index contributed by atoms with van der Waals surface area (Å²) in [6.45, 7) is 2.11. The molecular weight excluding hydrogens is 222 g/mol. The highest BCUT2D eigenvalue weighted by atomic mass is 16.1. The molecule has 0 saturated carbocycles. The Kier molecular flexibility index (Phi) is 4.24. The number of rotatable bonds is 5. The third kappa shape index (κ3) is 3.27. The molecule has 18 heavy (non-hydrogen) atoms. The number of aryl methyl sites for hydroxylation is 2. The number of carbonyl (C=O) groups is 1. The Bertz CT molecular complexity index is 502. The zero-order chi connectivity index (χ0) is 12.8. The van der Waals surface area contributed by atoms with E-state index in [1.165, 1.54) is 5.56 Å². The molecule has 92 valence electrons. The van der Waals surface area contributed by atoms with Crippen LogP contribution in [0.15, 0.2) is 48.8 Å². The summed E-state index contributed by atoms with van der Waals surface area (Å²) in [5.41, 5.74) is 3.23. The molecule has 1 aromatic heterocycles. The highest BCUT2D eigenvalue weighted by molar-refractivity contribution is 5.96. The zero-order valence-corrected chi connectivity index (χ0v) is 10.6. The minimum atomic E-state index is 0.203. The van der Waals surface area contributed by atoms with Gasteiger partial charge in [-0.15, -0.1) is 0 Å². The van der Waals surface area contributed by atoms with Gasteiger partial charge in [0, 0.05) is 24.4 Å². The maximum Gasteiger partial charge on any atom is 0.163 e. The summed E-state index contributed by atoms with van der Waals surface area (Å²) in [6.07, 6.45) is 5.85. The summed E-state index contributed by atoms with van der Waals surface area (Å²) >= 11 is 0. The minimum absolute atomic E-state index is 0.203. The molecule has 0 atom stereocenters. The molecule has 0 bridgehead atoms. The first-order valence-electron chi connectivity index (χ1n) is 6.30. The average Bonchev–Trinajstić information content (AvgIpc) is 2.46. The Labute approximate surface area is 108 Å². The first-order chi connectivity index (χ1) is 8.79. The predicted octanol–water partition coefficient (Wildman–Crippen LogP) is 3.46. The lowest BCUT2D eigenvalue weighted by Gasteiger charge is -2.03. The van der Waals surface area contributed by atoms with Crippen LogP contribution in [0.3, 0.4) is 0 Å². The lowest BCUT2D eigenvalue weighted by molar-refractivity contribution is 0.0983. The number of aromatic nitrogens is 1. The highest BCUT2D eigenvalue weighted by Crippen LogP contribution is 2.10. The van der Waals surface area contributed by atoms with Gasteiger partial charge in [0.15, 0.2) is 5.78 Å². The summed E-state index contributed by atoms with van der Waals surface area (Å²) in [4.78, 5) is 16.0. The van der Waals surface area contributed by atoms with Crippen molar-refractivity contribution in [2.24, 2.45) is 0 Å². The summed E-state index contributed by atoms with van der Waals surface area (Å²) < 4.78 is 0. The van der Waals surface area contributed by atoms with E-state index in [1.54, 1.807) is 12.4 Å². The summed E-state index contributed by atoms with van der Waals surface area (Å²) in [5.74, 6) is 0.203. The van der Waals surface area contributed by atoms with E-state index in [0.717, 1.165) is 24.0 Å². The molecule has 2 nitrogen and oxygen atoms in total. The van der Waals surface area contributed by atoms with Crippen LogP contribution in [0.4, 0.5) is 0 Å². The highest BCUT2D eigenvalue weighted by Gasteiger charge is 2.05. The van der Waals surface area contributed by atoms with Crippen LogP contribution in [0.1, 0.15) is 34.8 Å². The van der Waals surface area contributed by atoms with E-state index in [2.05, 4.69) is 11.9 Å². The van der Waals surface area contributed by atoms with E-state index >= 15 is 0 Å². The Hall–Kier alpha value is -1.96. The smallest absolute Gasteiger partial charge is 0.163 e. The third-order valence-electron chi connectivity index (χ3n) is 3.07. The number of hydrogen-bond donors (Lipinski definition) is 0. The van der Waals surface area contributed by atoms with Crippen LogP contribution in [0, 0.1) is 0 Å². The standard InChI is InChI=1S/C16H17NO/c1-2-13-3-6-15(7-4-13)16(18)8-5-14-9-11-17-12-10-14/h3-4,6-7,9-12H,2,5,8H2,1H3. The molecule has 2 rings (SSSR count). The molecule has 0 saturated heterocycles. The number of hydrogen-bond acceptors (Lipinski definition) is 2. The monoisotopic (exact) mass is 239 g/mol. The lowest BCUT2D eigenvalue weighted by atomic mass is 10.0. The topological polar surface area (TPSA) is 30.0 Å². The molecular formula is C16H17NO. The number of Topliss-reactive ketones (excluding diaryl/α,β-unsaturated/α-hetero) is 1. The van der Waals surface area contributed by atoms with Crippen molar-refractivity contribution in [2.45, 2.75) is 26.2 Å². The van der Waals surface area contributed by atoms with Crippen LogP contribution < -0.4 is 0 Å². The first-order valence-corrected chi connectivity index (χ1v) is 6.30. The summed E-state index contributed by atoms with van der Waals surface area (Å²) in [6, 6.07) is 11.8. The Balaban J connectivity index is 1.95. The quantitative estimate of drug-likeness (QED) is 0.748. The third-order valence-corrected chi connectivity index (χ3v) is 3.07. The fourth-order valence-electron chi connectivity index (χ4n) is 1.88. The van der Waals surface area contributed by atoms with Crippen molar-refractivity contribution in [1.82, 2.24) is 4.98 Å². The number of benzene rings is 1. The molecule has 0 aliphatic rings. The van der Waals surface area contributed by atoms with E-state index in [0.29, 0.717) is 6.42 Å². The van der Waals surface area contributed by atoms with Crippen molar-refractivity contribution in [3.05, 3.63) is 65.5 Å². The van der Waals surface area contributed by atoms with E-state index in [9.17, 15) is 4.79 Å². The Morgan fingerprint density at radius 2 is 1.67 bits per heavy atom. The molecule has 1 heterocycles. The second-order valence-corrected chi connectivity index (χ2v) is 4.33. The maximum absolute atomic E-state index is 12.0. The minimum Gasteiger partial charge on any atom is -0.294 e. The fourth-order valence-corrected chi connectivity index (χ4v) is 1.88. The van der Waals surface area contributed by atoms with Gasteiger partial charge in [-0.05, 0) is 36.1 Å². The second kappa shape index (κ2) is 6.10. The molecule has 2 heteroatoms. The van der Waals surface area contributed by atoms with E-state index in [-0.39, 0.29) is 5.78 Å². The van der Waals surface area contributed by atoms with Crippen LogP contribution in [0.25, 0.3) is 0 Å². The van der Waals surface area contributed by atoms with Crippen LogP contribution in [-0.4, -0.2) is 10.8 Å². The molecule has 0 fully saturated rings. The summed E-state index contributed by atoms with van der Waals surface area (Å²) in [7, 11) is 0. The Morgan fingerprint density at radius 3 is 2.28 bits per heavy atom. The molecule has 0 spiro atoms. The maximum atomic E-state index is 12.0. The molecule has 1 aromatic carbocycles. The number of nitrogens with zero attached hydrogens (tertiary/aromatic N) is 1. The molecule has 0 N–H and O–H groups in total. The second-order valence-electron chi connectivity index (χ2n) is 4.33. The summed E-state index contributed by atoms with van der Waals surface area (Å²) in [5, 5.41) is 0. The fraction of sp³-hybridized carbons (Fsp3) is 0.250. The van der Waals surface area contributed by atoms with E-state index < -0.39 is 0 Å². The predicted molar refractivity (Wildman–Crippen MR) is 72.7 cm³/mol. The zero-order valence-electron chi connectivity index (χ0n) is 10.6. The van der Waals surface area contributed by atoms with Gasteiger partial charge in [-0.3, -0.25) is 9.78 Å². The molecule has 0 amide bonds. The van der Waals surface area contributed by atoms with Gasteiger partial charge in [0.2, 0.25) is 0 Å². The Morgan fingerprint density at radius 1 is 1.00 bits per heavy atom. The van der Waals surface area contributed by atoms with Gasteiger partial charge in [0.1, 0.15) is 0 Å². The molecule has 0 radical (unpaired) electrons. The van der Waals surface area contributed by atoms with Crippen molar-refractivity contribution in [3.8, 4) is 0 Å². The molecule has 0 unspecified atom stereocenters. The van der Waals surface area contributed by atoms with Crippen LogP contribution >= 0.6 is 0 Å². The van der Waals surface area contributed by atoms with E-state index in [4.69, 9.17) is 0 Å². The molecule has 2 aromatic rings. The van der Waals surface area contributed by atoms with Crippen LogP contribution in [-0.2, 0) is 12.8 Å². The first kappa shape index (κ1) is 12.5. The van der Waals surface area contributed by atoms with Crippen molar-refractivity contribution < 1.29 is 4.79 Å². The van der Waals surface area contributed by atoms with Gasteiger partial charge in [-0.25, -0.2) is 0 Å². The molecule has 0 aliphatic heterocycles. The van der Waals surface area contributed by atoms with Crippen molar-refractivity contribution in [1.29, 1.82) is 0 Å². The number of carbonyl (C=O) groups excluding carboxylic acids is 1. The van der Waals surface area contributed by atoms with Gasteiger partial charge in [-0.2, -0.15) is 0 Å². The number of ketones is 1.